The van der Waals surface area contributed by atoms with E-state index in [0.29, 0.717) is 0 Å². The molecule has 1 rings (SSSR count). The number of hydrogen-bond acceptors (Lipinski definition) is 6. The number of anilines is 1. The maximum atomic E-state index is 12.6. The van der Waals surface area contributed by atoms with Gasteiger partial charge in [-0.2, -0.15) is 0 Å². The van der Waals surface area contributed by atoms with Crippen LogP contribution < -0.4 is 5.73 Å². The zero-order chi connectivity index (χ0) is 14.6. The van der Waals surface area contributed by atoms with Gasteiger partial charge in [0, 0.05) is 6.07 Å². The van der Waals surface area contributed by atoms with Crippen LogP contribution in [0.15, 0.2) is 6.07 Å². The van der Waals surface area contributed by atoms with E-state index in [1.165, 1.54) is 0 Å². The number of esters is 1. The molecule has 2 N–H and O–H groups in total. The van der Waals surface area contributed by atoms with E-state index in [1.807, 2.05) is 0 Å². The van der Waals surface area contributed by atoms with Gasteiger partial charge >= 0.3 is 5.97 Å². The highest BCUT2D eigenvalue weighted by molar-refractivity contribution is 5.74. The molecule has 0 saturated heterocycles. The fourth-order valence-corrected chi connectivity index (χ4v) is 1.38. The van der Waals surface area contributed by atoms with Gasteiger partial charge in [-0.3, -0.25) is 14.9 Å². The SMILES string of the molecule is CCOC(=O)Cc1nc(C(F)F)c(N)cc1[N+](=O)[O-]. The van der Waals surface area contributed by atoms with Gasteiger partial charge in [0.2, 0.25) is 0 Å². The number of nitrogens with two attached hydrogens (primary N) is 1. The monoisotopic (exact) mass is 275 g/mol. The van der Waals surface area contributed by atoms with Gasteiger partial charge in [-0.25, -0.2) is 13.8 Å². The summed E-state index contributed by atoms with van der Waals surface area (Å²) in [5.41, 5.74) is 2.99. The van der Waals surface area contributed by atoms with Gasteiger partial charge in [0.15, 0.2) is 0 Å². The first-order valence-corrected chi connectivity index (χ1v) is 5.24. The van der Waals surface area contributed by atoms with Crippen molar-refractivity contribution in [2.75, 3.05) is 12.3 Å². The summed E-state index contributed by atoms with van der Waals surface area (Å²) in [5, 5.41) is 10.8. The van der Waals surface area contributed by atoms with Crippen LogP contribution >= 0.6 is 0 Å². The molecule has 1 aromatic rings. The van der Waals surface area contributed by atoms with Crippen LogP contribution in [0.4, 0.5) is 20.2 Å². The Bertz CT molecular complexity index is 508. The van der Waals surface area contributed by atoms with Gasteiger partial charge in [-0.05, 0) is 6.92 Å². The molecule has 9 heteroatoms. The largest absolute Gasteiger partial charge is 0.466 e. The summed E-state index contributed by atoms with van der Waals surface area (Å²) < 4.78 is 29.8. The molecule has 0 atom stereocenters. The second-order valence-electron chi connectivity index (χ2n) is 3.47. The second-order valence-corrected chi connectivity index (χ2v) is 3.47. The third kappa shape index (κ3) is 3.57. The van der Waals surface area contributed by atoms with Crippen molar-refractivity contribution >= 4 is 17.3 Å². The molecule has 0 aliphatic rings. The quantitative estimate of drug-likeness (QED) is 0.497. The Balaban J connectivity index is 3.21. The van der Waals surface area contributed by atoms with E-state index in [1.54, 1.807) is 6.92 Å². The summed E-state index contributed by atoms with van der Waals surface area (Å²) in [6, 6.07) is 0.767. The number of nitro groups is 1. The van der Waals surface area contributed by atoms with E-state index in [0.717, 1.165) is 6.07 Å². The maximum Gasteiger partial charge on any atom is 0.312 e. The second kappa shape index (κ2) is 6.03. The molecule has 0 aliphatic carbocycles. The number of alkyl halides is 2. The minimum atomic E-state index is -2.98. The lowest BCUT2D eigenvalue weighted by Crippen LogP contribution is -2.13. The Hall–Kier alpha value is -2.32. The van der Waals surface area contributed by atoms with Crippen molar-refractivity contribution < 1.29 is 23.2 Å². The number of nitrogen functional groups attached to an aromatic ring is 1. The third-order valence-corrected chi connectivity index (χ3v) is 2.16. The maximum absolute atomic E-state index is 12.6. The number of carbonyl (C=O) groups excluding carboxylic acids is 1. The van der Waals surface area contributed by atoms with Crippen LogP contribution in [-0.2, 0) is 16.0 Å². The zero-order valence-electron chi connectivity index (χ0n) is 9.93. The first-order valence-electron chi connectivity index (χ1n) is 5.24. The lowest BCUT2D eigenvalue weighted by atomic mass is 10.2. The van der Waals surface area contributed by atoms with E-state index < -0.39 is 46.5 Å². The number of halogens is 2. The molecule has 0 aliphatic heterocycles. The van der Waals surface area contributed by atoms with Gasteiger partial charge in [-0.1, -0.05) is 0 Å². The van der Waals surface area contributed by atoms with Crippen LogP contribution in [-0.4, -0.2) is 22.5 Å². The average molecular weight is 275 g/mol. The van der Waals surface area contributed by atoms with Crippen molar-refractivity contribution in [1.82, 2.24) is 4.98 Å². The fraction of sp³-hybridized carbons (Fsp3) is 0.400. The molecular formula is C10H11F2N3O4. The standard InChI is InChI=1S/C10H11F2N3O4/c1-2-19-8(16)4-6-7(15(17)18)3-5(13)9(14-6)10(11)12/h3,10H,2,4,13H2,1H3. The van der Waals surface area contributed by atoms with Crippen LogP contribution in [0.2, 0.25) is 0 Å². The van der Waals surface area contributed by atoms with E-state index in [4.69, 9.17) is 5.73 Å². The van der Waals surface area contributed by atoms with Gasteiger partial charge in [0.25, 0.3) is 12.1 Å². The summed E-state index contributed by atoms with van der Waals surface area (Å²) in [4.78, 5) is 24.6. The lowest BCUT2D eigenvalue weighted by molar-refractivity contribution is -0.385. The van der Waals surface area contributed by atoms with Crippen LogP contribution in [0, 0.1) is 10.1 Å². The summed E-state index contributed by atoms with van der Waals surface area (Å²) >= 11 is 0. The Labute approximate surface area is 106 Å². The van der Waals surface area contributed by atoms with Crippen LogP contribution in [0.1, 0.15) is 24.7 Å². The van der Waals surface area contributed by atoms with E-state index >= 15 is 0 Å². The van der Waals surface area contributed by atoms with Crippen molar-refractivity contribution in [1.29, 1.82) is 0 Å². The molecule has 0 saturated carbocycles. The number of hydrogen-bond donors (Lipinski definition) is 1. The molecule has 0 aromatic carbocycles. The first kappa shape index (κ1) is 14.7. The number of carbonyl (C=O) groups is 1. The Kier molecular flexibility index (Phi) is 4.67. The lowest BCUT2D eigenvalue weighted by Gasteiger charge is -2.08. The molecule has 1 aromatic heterocycles. The predicted octanol–water partition coefficient (Wildman–Crippen LogP) is 1.62. The predicted molar refractivity (Wildman–Crippen MR) is 60.6 cm³/mol. The Morgan fingerprint density at radius 2 is 2.26 bits per heavy atom. The molecule has 0 spiro atoms. The van der Waals surface area contributed by atoms with Crippen molar-refractivity contribution in [2.45, 2.75) is 19.8 Å². The highest BCUT2D eigenvalue weighted by Gasteiger charge is 2.24. The topological polar surface area (TPSA) is 108 Å². The number of aromatic nitrogens is 1. The fourth-order valence-electron chi connectivity index (χ4n) is 1.38. The minimum Gasteiger partial charge on any atom is -0.466 e. The summed E-state index contributed by atoms with van der Waals surface area (Å²) in [6.07, 6.45) is -3.55. The highest BCUT2D eigenvalue weighted by Crippen LogP contribution is 2.29. The molecule has 0 radical (unpaired) electrons. The van der Waals surface area contributed by atoms with Crippen LogP contribution in [0.3, 0.4) is 0 Å². The Morgan fingerprint density at radius 1 is 1.63 bits per heavy atom. The van der Waals surface area contributed by atoms with E-state index in [-0.39, 0.29) is 6.61 Å². The van der Waals surface area contributed by atoms with Crippen molar-refractivity contribution in [3.8, 4) is 0 Å². The van der Waals surface area contributed by atoms with Crippen molar-refractivity contribution in [2.24, 2.45) is 0 Å². The number of rotatable bonds is 5. The molecule has 7 nitrogen and oxygen atoms in total. The highest BCUT2D eigenvalue weighted by atomic mass is 19.3. The molecule has 0 bridgehead atoms. The normalized spacial score (nSPS) is 10.5. The van der Waals surface area contributed by atoms with Crippen molar-refractivity contribution in [3.63, 3.8) is 0 Å². The van der Waals surface area contributed by atoms with Gasteiger partial charge in [0.1, 0.15) is 11.4 Å². The number of nitrogens with zero attached hydrogens (tertiary/aromatic N) is 2. The van der Waals surface area contributed by atoms with Crippen molar-refractivity contribution in [3.05, 3.63) is 27.6 Å². The Morgan fingerprint density at radius 3 is 2.74 bits per heavy atom. The molecule has 0 fully saturated rings. The molecular weight excluding hydrogens is 264 g/mol. The van der Waals surface area contributed by atoms with Gasteiger partial charge in [-0.15, -0.1) is 0 Å². The van der Waals surface area contributed by atoms with Crippen LogP contribution in [0.5, 0.6) is 0 Å². The summed E-state index contributed by atoms with van der Waals surface area (Å²) in [6.45, 7) is 1.62. The smallest absolute Gasteiger partial charge is 0.312 e. The average Bonchev–Trinajstić information content (AvgIpc) is 2.30. The molecule has 1 heterocycles. The molecule has 0 amide bonds. The molecule has 104 valence electrons. The molecule has 0 unspecified atom stereocenters. The van der Waals surface area contributed by atoms with E-state index in [9.17, 15) is 23.7 Å². The van der Waals surface area contributed by atoms with Gasteiger partial charge < -0.3 is 10.5 Å². The zero-order valence-corrected chi connectivity index (χ0v) is 9.93. The van der Waals surface area contributed by atoms with E-state index in [2.05, 4.69) is 9.72 Å². The summed E-state index contributed by atoms with van der Waals surface area (Å²) in [7, 11) is 0. The summed E-state index contributed by atoms with van der Waals surface area (Å²) in [5.74, 6) is -0.789. The number of pyridine rings is 1. The third-order valence-electron chi connectivity index (χ3n) is 2.16. The molecule has 19 heavy (non-hydrogen) atoms. The number of ether oxygens (including phenoxy) is 1. The van der Waals surface area contributed by atoms with Gasteiger partial charge in [0.05, 0.1) is 23.6 Å². The van der Waals surface area contributed by atoms with Crippen LogP contribution in [0.25, 0.3) is 0 Å². The minimum absolute atomic E-state index is 0.0727. The first-order chi connectivity index (χ1) is 8.86.